The van der Waals surface area contributed by atoms with Crippen LogP contribution >= 0.6 is 0 Å². The Morgan fingerprint density at radius 3 is 1.71 bits per heavy atom. The van der Waals surface area contributed by atoms with Crippen LogP contribution in [0, 0.1) is 20.8 Å². The number of fused-ring (bicyclic) bond motifs is 4. The van der Waals surface area contributed by atoms with E-state index in [0.717, 1.165) is 29.9 Å². The van der Waals surface area contributed by atoms with Crippen LogP contribution in [-0.2, 0) is 11.8 Å². The smallest absolute Gasteiger partial charge is 0.0465 e. The number of benzene rings is 8. The Bertz CT molecular complexity index is 2910. The van der Waals surface area contributed by atoms with E-state index in [2.05, 4.69) is 222 Å². The highest BCUT2D eigenvalue weighted by atomic mass is 15.1. The number of rotatable bonds is 7. The van der Waals surface area contributed by atoms with Gasteiger partial charge >= 0.3 is 0 Å². The summed E-state index contributed by atoms with van der Waals surface area (Å²) < 4.78 is 0. The van der Waals surface area contributed by atoms with Crippen LogP contribution < -0.4 is 4.90 Å². The van der Waals surface area contributed by atoms with Gasteiger partial charge in [0, 0.05) is 22.5 Å². The highest BCUT2D eigenvalue weighted by molar-refractivity contribution is 5.89. The third-order valence-electron chi connectivity index (χ3n) is 12.9. The fourth-order valence-electron chi connectivity index (χ4n) is 9.52. The molecule has 1 heteroatoms. The second-order valence-corrected chi connectivity index (χ2v) is 17.1. The first kappa shape index (κ1) is 36.6. The highest BCUT2D eigenvalue weighted by Gasteiger charge is 2.36. The van der Waals surface area contributed by atoms with Crippen LogP contribution in [0.15, 0.2) is 176 Å². The maximum atomic E-state index is 2.44. The molecule has 8 aromatic rings. The van der Waals surface area contributed by atoms with Crippen molar-refractivity contribution in [2.24, 2.45) is 0 Å². The number of anilines is 3. The molecule has 0 aromatic heterocycles. The second-order valence-electron chi connectivity index (χ2n) is 17.1. The monoisotopic (exact) mass is 759 g/mol. The molecule has 286 valence electrons. The van der Waals surface area contributed by atoms with E-state index in [1.807, 2.05) is 0 Å². The Kier molecular flexibility index (Phi) is 9.06. The van der Waals surface area contributed by atoms with Crippen molar-refractivity contribution in [3.8, 4) is 55.6 Å². The summed E-state index contributed by atoms with van der Waals surface area (Å²) in [7, 11) is 0. The van der Waals surface area contributed by atoms with Crippen molar-refractivity contribution in [1.29, 1.82) is 0 Å². The number of aryl methyl sites for hydroxylation is 4. The van der Waals surface area contributed by atoms with Gasteiger partial charge in [0.2, 0.25) is 0 Å². The number of hydrogen-bond donors (Lipinski definition) is 0. The standard InChI is InChI=1S/C58H49N/c1-38-17-20-41(21-18-38)42-23-28-47(29-24-42)59(48-30-25-44(26-31-48)52-16-10-13-43-12-7-9-15-51(43)52)49-32-34-54-53-33-27-46(36-56(53)58(4,5)57(54)37-49)45-22-19-40(3)55(35-45)50-14-8-6-11-39(50)2/h6,8-11,13-37H,7,12H2,1-5H3. The Morgan fingerprint density at radius 2 is 0.983 bits per heavy atom. The topological polar surface area (TPSA) is 3.24 Å². The summed E-state index contributed by atoms with van der Waals surface area (Å²) >= 11 is 0. The van der Waals surface area contributed by atoms with Crippen molar-refractivity contribution >= 4 is 23.1 Å². The summed E-state index contributed by atoms with van der Waals surface area (Å²) in [6, 6.07) is 63.6. The zero-order chi connectivity index (χ0) is 40.3. The summed E-state index contributed by atoms with van der Waals surface area (Å²) in [6.07, 6.45) is 6.83. The van der Waals surface area contributed by atoms with Crippen LogP contribution in [-0.4, -0.2) is 0 Å². The zero-order valence-corrected chi connectivity index (χ0v) is 34.7. The van der Waals surface area contributed by atoms with Gasteiger partial charge in [-0.1, -0.05) is 153 Å². The maximum absolute atomic E-state index is 2.44. The predicted molar refractivity (Wildman–Crippen MR) is 252 cm³/mol. The molecule has 0 aliphatic heterocycles. The van der Waals surface area contributed by atoms with Crippen molar-refractivity contribution < 1.29 is 0 Å². The van der Waals surface area contributed by atoms with E-state index in [4.69, 9.17) is 0 Å². The Hall–Kier alpha value is -6.70. The molecule has 0 radical (unpaired) electrons. The average Bonchev–Trinajstić information content (AvgIpc) is 3.49. The first-order valence-corrected chi connectivity index (χ1v) is 21.1. The van der Waals surface area contributed by atoms with E-state index < -0.39 is 0 Å². The van der Waals surface area contributed by atoms with E-state index in [-0.39, 0.29) is 5.41 Å². The zero-order valence-electron chi connectivity index (χ0n) is 34.7. The molecule has 10 rings (SSSR count). The third kappa shape index (κ3) is 6.52. The van der Waals surface area contributed by atoms with Crippen molar-refractivity contribution in [3.05, 3.63) is 215 Å². The molecule has 0 heterocycles. The van der Waals surface area contributed by atoms with Gasteiger partial charge in [-0.3, -0.25) is 0 Å². The van der Waals surface area contributed by atoms with Gasteiger partial charge in [-0.15, -0.1) is 0 Å². The van der Waals surface area contributed by atoms with Crippen LogP contribution in [0.4, 0.5) is 17.1 Å². The lowest BCUT2D eigenvalue weighted by molar-refractivity contribution is 0.660. The molecule has 0 bridgehead atoms. The highest BCUT2D eigenvalue weighted by Crippen LogP contribution is 2.52. The molecule has 59 heavy (non-hydrogen) atoms. The minimum atomic E-state index is -0.190. The normalized spacial score (nSPS) is 13.4. The molecular formula is C58H49N. The van der Waals surface area contributed by atoms with Gasteiger partial charge < -0.3 is 4.90 Å². The lowest BCUT2D eigenvalue weighted by atomic mass is 9.81. The molecule has 0 spiro atoms. The van der Waals surface area contributed by atoms with Gasteiger partial charge in [0.15, 0.2) is 0 Å². The lowest BCUT2D eigenvalue weighted by Crippen LogP contribution is -2.16. The SMILES string of the molecule is Cc1ccc(-c2ccc(N(c3ccc(-c4cccc5c4C=CCC5)cc3)c3ccc4c(c3)C(C)(C)c3cc(-c5ccc(C)c(-c6ccccc6C)c5)ccc3-4)cc2)cc1. The minimum Gasteiger partial charge on any atom is -0.310 e. The molecule has 0 amide bonds. The first-order valence-electron chi connectivity index (χ1n) is 21.1. The fraction of sp³-hybridized carbons (Fsp3) is 0.138. The van der Waals surface area contributed by atoms with Gasteiger partial charge in [0.05, 0.1) is 0 Å². The van der Waals surface area contributed by atoms with Crippen LogP contribution in [0.5, 0.6) is 0 Å². The van der Waals surface area contributed by atoms with E-state index in [1.165, 1.54) is 94.6 Å². The molecule has 0 saturated carbocycles. The number of allylic oxidation sites excluding steroid dienone is 1. The lowest BCUT2D eigenvalue weighted by Gasteiger charge is -2.28. The van der Waals surface area contributed by atoms with Gasteiger partial charge in [-0.2, -0.15) is 0 Å². The van der Waals surface area contributed by atoms with Crippen molar-refractivity contribution in [2.45, 2.75) is 52.9 Å². The van der Waals surface area contributed by atoms with Gasteiger partial charge in [0.25, 0.3) is 0 Å². The van der Waals surface area contributed by atoms with Gasteiger partial charge in [-0.25, -0.2) is 0 Å². The Labute approximate surface area is 350 Å². The third-order valence-corrected chi connectivity index (χ3v) is 12.9. The summed E-state index contributed by atoms with van der Waals surface area (Å²) in [5, 5.41) is 0. The summed E-state index contributed by atoms with van der Waals surface area (Å²) in [4.78, 5) is 2.42. The van der Waals surface area contributed by atoms with Crippen LogP contribution in [0.2, 0.25) is 0 Å². The van der Waals surface area contributed by atoms with Gasteiger partial charge in [-0.05, 0) is 171 Å². The summed E-state index contributed by atoms with van der Waals surface area (Å²) in [6.45, 7) is 11.3. The van der Waals surface area contributed by atoms with Crippen LogP contribution in [0.25, 0.3) is 61.7 Å². The Balaban J connectivity index is 1.04. The number of nitrogens with zero attached hydrogens (tertiary/aromatic N) is 1. The molecule has 0 atom stereocenters. The maximum Gasteiger partial charge on any atom is 0.0465 e. The van der Waals surface area contributed by atoms with Crippen LogP contribution in [0.3, 0.4) is 0 Å². The van der Waals surface area contributed by atoms with Crippen LogP contribution in [0.1, 0.15) is 59.2 Å². The molecule has 1 nitrogen and oxygen atoms in total. The molecule has 8 aromatic carbocycles. The molecule has 0 saturated heterocycles. The van der Waals surface area contributed by atoms with E-state index in [9.17, 15) is 0 Å². The molecular weight excluding hydrogens is 711 g/mol. The first-order chi connectivity index (χ1) is 28.7. The largest absolute Gasteiger partial charge is 0.310 e. The average molecular weight is 760 g/mol. The van der Waals surface area contributed by atoms with Crippen molar-refractivity contribution in [1.82, 2.24) is 0 Å². The fourth-order valence-corrected chi connectivity index (χ4v) is 9.52. The minimum absolute atomic E-state index is 0.190. The molecule has 2 aliphatic rings. The molecule has 0 fully saturated rings. The summed E-state index contributed by atoms with van der Waals surface area (Å²) in [5.74, 6) is 0. The predicted octanol–water partition coefficient (Wildman–Crippen LogP) is 16.0. The quantitative estimate of drug-likeness (QED) is 0.156. The van der Waals surface area contributed by atoms with E-state index >= 15 is 0 Å². The van der Waals surface area contributed by atoms with E-state index in [0.29, 0.717) is 0 Å². The molecule has 2 aliphatic carbocycles. The van der Waals surface area contributed by atoms with E-state index in [1.54, 1.807) is 0 Å². The van der Waals surface area contributed by atoms with Crippen molar-refractivity contribution in [3.63, 3.8) is 0 Å². The summed E-state index contributed by atoms with van der Waals surface area (Å²) in [5.41, 5.74) is 25.3. The molecule has 0 N–H and O–H groups in total. The second kappa shape index (κ2) is 14.6. The molecule has 0 unspecified atom stereocenters. The van der Waals surface area contributed by atoms with Gasteiger partial charge in [0.1, 0.15) is 0 Å². The Morgan fingerprint density at radius 1 is 0.424 bits per heavy atom. The number of hydrogen-bond acceptors (Lipinski definition) is 1. The van der Waals surface area contributed by atoms with Crippen molar-refractivity contribution in [2.75, 3.05) is 4.90 Å².